The molecule has 3 aromatic rings. The Labute approximate surface area is 145 Å². The van der Waals surface area contributed by atoms with Crippen LogP contribution in [0.5, 0.6) is 0 Å². The number of amides is 1. The second-order valence-corrected chi connectivity index (χ2v) is 6.22. The van der Waals surface area contributed by atoms with E-state index in [4.69, 9.17) is 4.42 Å². The Kier molecular flexibility index (Phi) is 4.97. The molecule has 0 radical (unpaired) electrons. The number of carbonyl (C=O) groups is 1. The van der Waals surface area contributed by atoms with Crippen LogP contribution in [0.15, 0.2) is 51.9 Å². The molecule has 25 heavy (non-hydrogen) atoms. The highest BCUT2D eigenvalue weighted by Crippen LogP contribution is 2.12. The number of nitrogens with zero attached hydrogens (tertiary/aromatic N) is 2. The molecular weight excluding hydrogens is 318 g/mol. The number of H-pyrrole nitrogens is 1. The van der Waals surface area contributed by atoms with Crippen LogP contribution in [-0.2, 0) is 17.8 Å². The third kappa shape index (κ3) is 3.96. The van der Waals surface area contributed by atoms with E-state index < -0.39 is 0 Å². The third-order valence-corrected chi connectivity index (χ3v) is 4.09. The van der Waals surface area contributed by atoms with Gasteiger partial charge in [0, 0.05) is 18.9 Å². The Balaban J connectivity index is 1.77. The van der Waals surface area contributed by atoms with Gasteiger partial charge < -0.3 is 14.3 Å². The number of benzene rings is 1. The number of nitrogens with one attached hydrogen (secondary N) is 1. The van der Waals surface area contributed by atoms with Crippen LogP contribution in [0.25, 0.3) is 10.9 Å². The predicted molar refractivity (Wildman–Crippen MR) is 95.1 cm³/mol. The highest BCUT2D eigenvalue weighted by Gasteiger charge is 2.19. The summed E-state index contributed by atoms with van der Waals surface area (Å²) in [4.78, 5) is 33.8. The first-order chi connectivity index (χ1) is 12.0. The molecule has 0 aliphatic heterocycles. The predicted octanol–water partition coefficient (Wildman–Crippen LogP) is 2.89. The third-order valence-electron chi connectivity index (χ3n) is 4.09. The Bertz CT molecular complexity index is 913. The first kappa shape index (κ1) is 17.0. The summed E-state index contributed by atoms with van der Waals surface area (Å²) in [6, 6.07) is 10.8. The first-order valence-electron chi connectivity index (χ1n) is 8.34. The average molecular weight is 339 g/mol. The highest BCUT2D eigenvalue weighted by molar-refractivity contribution is 5.78. The van der Waals surface area contributed by atoms with Crippen molar-refractivity contribution in [3.63, 3.8) is 0 Å². The van der Waals surface area contributed by atoms with Gasteiger partial charge in [0.1, 0.15) is 11.6 Å². The summed E-state index contributed by atoms with van der Waals surface area (Å²) >= 11 is 0. The zero-order valence-corrected chi connectivity index (χ0v) is 14.4. The van der Waals surface area contributed by atoms with Crippen LogP contribution in [-0.4, -0.2) is 26.8 Å². The zero-order valence-electron chi connectivity index (χ0n) is 14.4. The maximum absolute atomic E-state index is 12.6. The van der Waals surface area contributed by atoms with Gasteiger partial charge >= 0.3 is 0 Å². The number of aromatic amines is 1. The average Bonchev–Trinajstić information content (AvgIpc) is 3.11. The van der Waals surface area contributed by atoms with Crippen LogP contribution >= 0.6 is 0 Å². The molecule has 0 aliphatic rings. The minimum atomic E-state index is -0.188. The molecule has 2 heterocycles. The molecule has 6 heteroatoms. The summed E-state index contributed by atoms with van der Waals surface area (Å²) in [7, 11) is 0. The molecular formula is C19H21N3O3. The normalized spacial score (nSPS) is 11.2. The lowest BCUT2D eigenvalue weighted by Gasteiger charge is -2.26. The standard InChI is InChI=1S/C19H21N3O3/c1-13(2)22(18(23)10-9-14-6-5-11-25-14)12-17-20-16-8-4-3-7-15(16)19(24)21-17/h3-8,11,13H,9-10,12H2,1-2H3,(H,20,21,24). The fourth-order valence-corrected chi connectivity index (χ4v) is 2.76. The topological polar surface area (TPSA) is 79.2 Å². The van der Waals surface area contributed by atoms with E-state index >= 15 is 0 Å². The molecule has 3 rings (SSSR count). The van der Waals surface area contributed by atoms with E-state index in [1.807, 2.05) is 32.0 Å². The molecule has 130 valence electrons. The van der Waals surface area contributed by atoms with Crippen LogP contribution in [0.2, 0.25) is 0 Å². The SMILES string of the molecule is CC(C)N(Cc1nc2ccccc2c(=O)[nH]1)C(=O)CCc1ccco1. The van der Waals surface area contributed by atoms with Gasteiger partial charge in [0.05, 0.1) is 23.7 Å². The summed E-state index contributed by atoms with van der Waals surface area (Å²) in [6.07, 6.45) is 2.50. The molecule has 0 atom stereocenters. The van der Waals surface area contributed by atoms with Gasteiger partial charge in [-0.2, -0.15) is 0 Å². The number of hydrogen-bond donors (Lipinski definition) is 1. The molecule has 0 bridgehead atoms. The van der Waals surface area contributed by atoms with Crippen molar-refractivity contribution < 1.29 is 9.21 Å². The van der Waals surface area contributed by atoms with Gasteiger partial charge in [-0.1, -0.05) is 12.1 Å². The summed E-state index contributed by atoms with van der Waals surface area (Å²) in [5.41, 5.74) is 0.445. The lowest BCUT2D eigenvalue weighted by atomic mass is 10.2. The van der Waals surface area contributed by atoms with E-state index in [-0.39, 0.29) is 24.1 Å². The van der Waals surface area contributed by atoms with Gasteiger partial charge in [-0.25, -0.2) is 4.98 Å². The number of para-hydroxylation sites is 1. The Hall–Kier alpha value is -2.89. The van der Waals surface area contributed by atoms with Crippen molar-refractivity contribution in [2.45, 2.75) is 39.3 Å². The number of rotatable bonds is 6. The number of hydrogen-bond acceptors (Lipinski definition) is 4. The van der Waals surface area contributed by atoms with Crippen LogP contribution < -0.4 is 5.56 Å². The van der Waals surface area contributed by atoms with E-state index in [9.17, 15) is 9.59 Å². The summed E-state index contributed by atoms with van der Waals surface area (Å²) in [5, 5.41) is 0.548. The second-order valence-electron chi connectivity index (χ2n) is 6.22. The quantitative estimate of drug-likeness (QED) is 0.749. The lowest BCUT2D eigenvalue weighted by Crippen LogP contribution is -2.37. The minimum Gasteiger partial charge on any atom is -0.469 e. The number of aryl methyl sites for hydroxylation is 1. The lowest BCUT2D eigenvalue weighted by molar-refractivity contribution is -0.133. The maximum atomic E-state index is 12.6. The first-order valence-corrected chi connectivity index (χ1v) is 8.34. The van der Waals surface area contributed by atoms with Crippen molar-refractivity contribution in [2.24, 2.45) is 0 Å². The van der Waals surface area contributed by atoms with Crippen LogP contribution in [0.3, 0.4) is 0 Å². The molecule has 0 spiro atoms. The van der Waals surface area contributed by atoms with Gasteiger partial charge in [-0.05, 0) is 38.1 Å². The van der Waals surface area contributed by atoms with E-state index in [0.717, 1.165) is 5.76 Å². The summed E-state index contributed by atoms with van der Waals surface area (Å²) in [6.45, 7) is 4.17. The van der Waals surface area contributed by atoms with Crippen LogP contribution in [0.1, 0.15) is 31.9 Å². The van der Waals surface area contributed by atoms with E-state index in [2.05, 4.69) is 9.97 Å². The van der Waals surface area contributed by atoms with Crippen LogP contribution in [0, 0.1) is 0 Å². The van der Waals surface area contributed by atoms with Gasteiger partial charge in [0.15, 0.2) is 0 Å². The van der Waals surface area contributed by atoms with Crippen molar-refractivity contribution in [2.75, 3.05) is 0 Å². The Morgan fingerprint density at radius 2 is 2.04 bits per heavy atom. The number of aromatic nitrogens is 2. The fourth-order valence-electron chi connectivity index (χ4n) is 2.76. The molecule has 0 aliphatic carbocycles. The van der Waals surface area contributed by atoms with E-state index in [0.29, 0.717) is 29.6 Å². The molecule has 1 amide bonds. The molecule has 2 aromatic heterocycles. The molecule has 0 saturated carbocycles. The van der Waals surface area contributed by atoms with E-state index in [1.165, 1.54) is 0 Å². The molecule has 0 saturated heterocycles. The Morgan fingerprint density at radius 1 is 1.24 bits per heavy atom. The minimum absolute atomic E-state index is 0.000809. The van der Waals surface area contributed by atoms with Gasteiger partial charge in [0.2, 0.25) is 5.91 Å². The van der Waals surface area contributed by atoms with Crippen molar-refractivity contribution in [1.29, 1.82) is 0 Å². The maximum Gasteiger partial charge on any atom is 0.258 e. The Morgan fingerprint density at radius 3 is 2.76 bits per heavy atom. The number of furan rings is 1. The van der Waals surface area contributed by atoms with Crippen LogP contribution in [0.4, 0.5) is 0 Å². The van der Waals surface area contributed by atoms with Gasteiger partial charge in [0.25, 0.3) is 5.56 Å². The van der Waals surface area contributed by atoms with Crippen molar-refractivity contribution in [1.82, 2.24) is 14.9 Å². The van der Waals surface area contributed by atoms with Crippen molar-refractivity contribution in [3.8, 4) is 0 Å². The number of fused-ring (bicyclic) bond motifs is 1. The fraction of sp³-hybridized carbons (Fsp3) is 0.316. The molecule has 1 N–H and O–H groups in total. The zero-order chi connectivity index (χ0) is 17.8. The summed E-state index contributed by atoms with van der Waals surface area (Å²) < 4.78 is 5.28. The van der Waals surface area contributed by atoms with E-state index in [1.54, 1.807) is 29.4 Å². The van der Waals surface area contributed by atoms with Crippen molar-refractivity contribution >= 4 is 16.8 Å². The molecule has 6 nitrogen and oxygen atoms in total. The smallest absolute Gasteiger partial charge is 0.258 e. The number of carbonyl (C=O) groups excluding carboxylic acids is 1. The van der Waals surface area contributed by atoms with Crippen molar-refractivity contribution in [3.05, 3.63) is 64.6 Å². The highest BCUT2D eigenvalue weighted by atomic mass is 16.3. The van der Waals surface area contributed by atoms with Gasteiger partial charge in [-0.15, -0.1) is 0 Å². The second kappa shape index (κ2) is 7.34. The molecule has 1 aromatic carbocycles. The monoisotopic (exact) mass is 339 g/mol. The van der Waals surface area contributed by atoms with Gasteiger partial charge in [-0.3, -0.25) is 9.59 Å². The molecule has 0 fully saturated rings. The largest absolute Gasteiger partial charge is 0.469 e. The molecule has 0 unspecified atom stereocenters. The summed E-state index contributed by atoms with van der Waals surface area (Å²) in [5.74, 6) is 1.28.